The zero-order valence-electron chi connectivity index (χ0n) is 15.0. The summed E-state index contributed by atoms with van der Waals surface area (Å²) in [5, 5.41) is 10.3. The van der Waals surface area contributed by atoms with Gasteiger partial charge in [0.15, 0.2) is 6.29 Å². The van der Waals surface area contributed by atoms with E-state index < -0.39 is 28.5 Å². The van der Waals surface area contributed by atoms with Crippen molar-refractivity contribution in [3.05, 3.63) is 30.3 Å². The SMILES string of the molecule is C[C@H](O)[C@@H](CC1OCCCO1)C(CCCCl)NS(=O)(=O)c1ccccc1. The summed E-state index contributed by atoms with van der Waals surface area (Å²) in [6.45, 7) is 2.89. The monoisotopic (exact) mass is 405 g/mol. The van der Waals surface area contributed by atoms with Crippen molar-refractivity contribution < 1.29 is 23.0 Å². The molecule has 0 aliphatic carbocycles. The second-order valence-electron chi connectivity index (χ2n) is 6.54. The first kappa shape index (κ1) is 21.6. The summed E-state index contributed by atoms with van der Waals surface area (Å²) < 4.78 is 39.4. The standard InChI is InChI=1S/C18H28ClNO5S/c1-14(21)16(13-18-24-11-6-12-25-18)17(9-5-10-19)20-26(22,23)15-7-3-2-4-8-15/h2-4,7-8,14,16-18,20-21H,5-6,9-13H2,1H3/t14-,16+,17?/m0/s1. The van der Waals surface area contributed by atoms with Crippen LogP contribution >= 0.6 is 11.6 Å². The van der Waals surface area contributed by atoms with Gasteiger partial charge in [-0.3, -0.25) is 0 Å². The smallest absolute Gasteiger partial charge is 0.240 e. The van der Waals surface area contributed by atoms with Crippen molar-refractivity contribution in [2.45, 2.75) is 55.9 Å². The van der Waals surface area contributed by atoms with Gasteiger partial charge in [0.25, 0.3) is 0 Å². The maximum Gasteiger partial charge on any atom is 0.240 e. The van der Waals surface area contributed by atoms with Crippen LogP contribution in [0.5, 0.6) is 0 Å². The fourth-order valence-corrected chi connectivity index (χ4v) is 4.61. The molecule has 0 saturated carbocycles. The average Bonchev–Trinajstić information content (AvgIpc) is 2.64. The van der Waals surface area contributed by atoms with Crippen LogP contribution in [0.25, 0.3) is 0 Å². The number of sulfonamides is 1. The minimum absolute atomic E-state index is 0.199. The van der Waals surface area contributed by atoms with Gasteiger partial charge in [-0.2, -0.15) is 0 Å². The van der Waals surface area contributed by atoms with Crippen LogP contribution in [-0.4, -0.2) is 51.1 Å². The Hall–Kier alpha value is -0.700. The first-order valence-corrected chi connectivity index (χ1v) is 11.0. The molecule has 148 valence electrons. The number of nitrogens with one attached hydrogen (secondary N) is 1. The lowest BCUT2D eigenvalue weighted by molar-refractivity contribution is -0.191. The predicted octanol–water partition coefficient (Wildman–Crippen LogP) is 2.50. The molecule has 1 heterocycles. The molecule has 0 radical (unpaired) electrons. The summed E-state index contributed by atoms with van der Waals surface area (Å²) in [6.07, 6.45) is 1.27. The molecule has 0 spiro atoms. The van der Waals surface area contributed by atoms with Gasteiger partial charge in [-0.05, 0) is 38.3 Å². The van der Waals surface area contributed by atoms with Crippen LogP contribution in [0.4, 0.5) is 0 Å². The average molecular weight is 406 g/mol. The Balaban J connectivity index is 2.16. The van der Waals surface area contributed by atoms with Crippen LogP contribution in [0, 0.1) is 5.92 Å². The van der Waals surface area contributed by atoms with E-state index in [1.807, 2.05) is 0 Å². The second-order valence-corrected chi connectivity index (χ2v) is 8.63. The fourth-order valence-electron chi connectivity index (χ4n) is 3.12. The Morgan fingerprint density at radius 1 is 1.27 bits per heavy atom. The highest BCUT2D eigenvalue weighted by molar-refractivity contribution is 7.89. The molecule has 1 unspecified atom stereocenters. The zero-order valence-corrected chi connectivity index (χ0v) is 16.6. The third-order valence-electron chi connectivity index (χ3n) is 4.51. The van der Waals surface area contributed by atoms with Gasteiger partial charge in [0.05, 0.1) is 24.2 Å². The van der Waals surface area contributed by atoms with Gasteiger partial charge in [-0.15, -0.1) is 11.6 Å². The molecule has 6 nitrogen and oxygen atoms in total. The van der Waals surface area contributed by atoms with E-state index in [9.17, 15) is 13.5 Å². The first-order chi connectivity index (χ1) is 12.4. The molecule has 0 amide bonds. The summed E-state index contributed by atoms with van der Waals surface area (Å²) in [7, 11) is -3.70. The normalized spacial score (nSPS) is 19.8. The van der Waals surface area contributed by atoms with Crippen molar-refractivity contribution in [1.82, 2.24) is 4.72 Å². The van der Waals surface area contributed by atoms with Crippen molar-refractivity contribution in [2.75, 3.05) is 19.1 Å². The second kappa shape index (κ2) is 10.6. The molecule has 2 rings (SSSR count). The first-order valence-electron chi connectivity index (χ1n) is 8.98. The number of hydrogen-bond donors (Lipinski definition) is 2. The van der Waals surface area contributed by atoms with E-state index in [4.69, 9.17) is 21.1 Å². The molecule has 0 aromatic heterocycles. The van der Waals surface area contributed by atoms with Gasteiger partial charge in [0.1, 0.15) is 0 Å². The van der Waals surface area contributed by atoms with Gasteiger partial charge in [-0.25, -0.2) is 13.1 Å². The number of halogens is 1. The molecule has 0 bridgehead atoms. The van der Waals surface area contributed by atoms with Crippen LogP contribution in [0.2, 0.25) is 0 Å². The Kier molecular flexibility index (Phi) is 8.79. The molecule has 2 N–H and O–H groups in total. The Labute approximate surface area is 160 Å². The van der Waals surface area contributed by atoms with Gasteiger partial charge >= 0.3 is 0 Å². The number of aliphatic hydroxyl groups excluding tert-OH is 1. The minimum atomic E-state index is -3.70. The van der Waals surface area contributed by atoms with E-state index in [1.54, 1.807) is 37.3 Å². The summed E-state index contributed by atoms with van der Waals surface area (Å²) in [6, 6.07) is 7.75. The van der Waals surface area contributed by atoms with E-state index in [0.29, 0.717) is 38.4 Å². The fraction of sp³-hybridized carbons (Fsp3) is 0.667. The van der Waals surface area contributed by atoms with Crippen LogP contribution in [-0.2, 0) is 19.5 Å². The maximum absolute atomic E-state index is 12.7. The highest BCUT2D eigenvalue weighted by Gasteiger charge is 2.33. The van der Waals surface area contributed by atoms with E-state index in [2.05, 4.69) is 4.72 Å². The Morgan fingerprint density at radius 3 is 2.50 bits per heavy atom. The van der Waals surface area contributed by atoms with Crippen LogP contribution < -0.4 is 4.72 Å². The number of aliphatic hydroxyl groups is 1. The summed E-state index contributed by atoms with van der Waals surface area (Å²) >= 11 is 5.82. The molecular weight excluding hydrogens is 378 g/mol. The van der Waals surface area contributed by atoms with Crippen molar-refractivity contribution in [2.24, 2.45) is 5.92 Å². The van der Waals surface area contributed by atoms with Gasteiger partial charge in [0.2, 0.25) is 10.0 Å². The molecule has 1 aromatic carbocycles. The molecule has 1 saturated heterocycles. The van der Waals surface area contributed by atoms with E-state index in [0.717, 1.165) is 6.42 Å². The van der Waals surface area contributed by atoms with Crippen LogP contribution in [0.3, 0.4) is 0 Å². The number of ether oxygens (including phenoxy) is 2. The Bertz CT molecular complexity index is 620. The van der Waals surface area contributed by atoms with E-state index in [-0.39, 0.29) is 10.8 Å². The summed E-state index contributed by atoms with van der Waals surface area (Å²) in [5.41, 5.74) is 0. The third-order valence-corrected chi connectivity index (χ3v) is 6.28. The molecule has 1 fully saturated rings. The topological polar surface area (TPSA) is 84.9 Å². The zero-order chi connectivity index (χ0) is 19.0. The van der Waals surface area contributed by atoms with Crippen LogP contribution in [0.15, 0.2) is 35.2 Å². The lowest BCUT2D eigenvalue weighted by Crippen LogP contribution is -2.46. The van der Waals surface area contributed by atoms with Crippen molar-refractivity contribution in [3.8, 4) is 0 Å². The van der Waals surface area contributed by atoms with Gasteiger partial charge in [0, 0.05) is 24.3 Å². The van der Waals surface area contributed by atoms with E-state index in [1.165, 1.54) is 0 Å². The third kappa shape index (κ3) is 6.48. The number of hydrogen-bond acceptors (Lipinski definition) is 5. The Morgan fingerprint density at radius 2 is 1.92 bits per heavy atom. The minimum Gasteiger partial charge on any atom is -0.393 e. The molecule has 26 heavy (non-hydrogen) atoms. The molecule has 1 aliphatic heterocycles. The quantitative estimate of drug-likeness (QED) is 0.584. The van der Waals surface area contributed by atoms with Gasteiger partial charge in [-0.1, -0.05) is 18.2 Å². The largest absolute Gasteiger partial charge is 0.393 e. The lowest BCUT2D eigenvalue weighted by Gasteiger charge is -2.34. The van der Waals surface area contributed by atoms with Crippen molar-refractivity contribution in [3.63, 3.8) is 0 Å². The van der Waals surface area contributed by atoms with E-state index >= 15 is 0 Å². The predicted molar refractivity (Wildman–Crippen MR) is 101 cm³/mol. The molecule has 1 aliphatic rings. The molecule has 1 aromatic rings. The van der Waals surface area contributed by atoms with Crippen molar-refractivity contribution >= 4 is 21.6 Å². The van der Waals surface area contributed by atoms with Gasteiger partial charge < -0.3 is 14.6 Å². The highest BCUT2D eigenvalue weighted by Crippen LogP contribution is 2.25. The number of rotatable bonds is 10. The maximum atomic E-state index is 12.7. The number of benzene rings is 1. The summed E-state index contributed by atoms with van der Waals surface area (Å²) in [4.78, 5) is 0.199. The molecular formula is C18H28ClNO5S. The lowest BCUT2D eigenvalue weighted by atomic mass is 9.88. The summed E-state index contributed by atoms with van der Waals surface area (Å²) in [5.74, 6) is 0.0757. The molecule has 8 heteroatoms. The molecule has 3 atom stereocenters. The highest BCUT2D eigenvalue weighted by atomic mass is 35.5. The van der Waals surface area contributed by atoms with Crippen molar-refractivity contribution in [1.29, 1.82) is 0 Å². The van der Waals surface area contributed by atoms with Crippen LogP contribution in [0.1, 0.15) is 32.6 Å². The number of alkyl halides is 1.